The molecule has 0 aromatic heterocycles. The molecule has 2 aliphatic heterocycles. The van der Waals surface area contributed by atoms with Gasteiger partial charge in [0.1, 0.15) is 12.6 Å². The lowest BCUT2D eigenvalue weighted by molar-refractivity contribution is -0.130. The van der Waals surface area contributed by atoms with Gasteiger partial charge in [0.05, 0.1) is 19.8 Å². The second kappa shape index (κ2) is 4.67. The summed E-state index contributed by atoms with van der Waals surface area (Å²) in [6.45, 7) is 3.54. The van der Waals surface area contributed by atoms with Gasteiger partial charge in [-0.25, -0.2) is 9.80 Å². The van der Waals surface area contributed by atoms with E-state index >= 15 is 0 Å². The summed E-state index contributed by atoms with van der Waals surface area (Å²) in [4.78, 5) is 22.8. The van der Waals surface area contributed by atoms with Crippen molar-refractivity contribution in [3.8, 4) is 0 Å². The third-order valence-electron chi connectivity index (χ3n) is 2.46. The second-order valence-electron chi connectivity index (χ2n) is 3.90. The molecule has 2 aliphatic rings. The van der Waals surface area contributed by atoms with E-state index in [-0.39, 0.29) is 11.9 Å². The van der Waals surface area contributed by atoms with Crippen LogP contribution in [0.1, 0.15) is 6.92 Å². The molecule has 2 heterocycles. The average molecular weight is 229 g/mol. The first-order valence-corrected chi connectivity index (χ1v) is 5.25. The van der Waals surface area contributed by atoms with Crippen molar-refractivity contribution in [2.75, 3.05) is 26.4 Å². The number of nitrogens with one attached hydrogen (secondary N) is 2. The molecule has 2 N–H and O–H groups in total. The Morgan fingerprint density at radius 3 is 3.00 bits per heavy atom. The maximum atomic E-state index is 11.7. The summed E-state index contributed by atoms with van der Waals surface area (Å²) in [6, 6.07) is -0.285. The van der Waals surface area contributed by atoms with Crippen LogP contribution in [0.4, 0.5) is 4.79 Å². The lowest BCUT2D eigenvalue weighted by Crippen LogP contribution is -2.58. The summed E-state index contributed by atoms with van der Waals surface area (Å²) in [5.41, 5.74) is 2.50. The quantitative estimate of drug-likeness (QED) is 0.625. The summed E-state index contributed by atoms with van der Waals surface area (Å²) < 4.78 is 9.94. The van der Waals surface area contributed by atoms with Crippen LogP contribution in [0, 0.1) is 0 Å². The summed E-state index contributed by atoms with van der Waals surface area (Å²) in [5.74, 6) is -0.273. The molecule has 2 saturated heterocycles. The van der Waals surface area contributed by atoms with Gasteiger partial charge >= 0.3 is 6.09 Å². The zero-order chi connectivity index (χ0) is 11.5. The number of nitrogens with zero attached hydrogens (tertiary/aromatic N) is 1. The Kier molecular flexibility index (Phi) is 3.25. The number of hydrazine groups is 1. The molecule has 2 rings (SSSR count). The van der Waals surface area contributed by atoms with Crippen LogP contribution in [-0.4, -0.2) is 55.5 Å². The maximum absolute atomic E-state index is 11.7. The van der Waals surface area contributed by atoms with Crippen LogP contribution in [0.2, 0.25) is 0 Å². The van der Waals surface area contributed by atoms with Gasteiger partial charge in [0.2, 0.25) is 0 Å². The van der Waals surface area contributed by atoms with Gasteiger partial charge in [-0.05, 0) is 6.92 Å². The van der Waals surface area contributed by atoms with Crippen LogP contribution in [0.15, 0.2) is 0 Å². The van der Waals surface area contributed by atoms with Gasteiger partial charge in [0.25, 0.3) is 5.91 Å². The number of ether oxygens (including phenoxy) is 2. The van der Waals surface area contributed by atoms with Crippen molar-refractivity contribution < 1.29 is 19.1 Å². The fraction of sp³-hybridized carbons (Fsp3) is 0.778. The monoisotopic (exact) mass is 229 g/mol. The minimum Gasteiger partial charge on any atom is -0.446 e. The number of cyclic esters (lactones) is 1. The maximum Gasteiger partial charge on any atom is 0.428 e. The molecule has 2 atom stereocenters. The number of amides is 2. The van der Waals surface area contributed by atoms with E-state index in [1.807, 2.05) is 6.92 Å². The number of rotatable bonds is 2. The number of carbonyl (C=O) groups excluding carboxylic acids is 2. The first kappa shape index (κ1) is 11.2. The molecule has 0 saturated carbocycles. The SMILES string of the molecule is CC1COCC(C(=O)NN2CCOC2=O)N1. The molecule has 2 unspecified atom stereocenters. The van der Waals surface area contributed by atoms with Crippen molar-refractivity contribution in [2.24, 2.45) is 0 Å². The topological polar surface area (TPSA) is 79.9 Å². The van der Waals surface area contributed by atoms with Crippen LogP contribution in [0.5, 0.6) is 0 Å². The Balaban J connectivity index is 1.85. The molecule has 7 nitrogen and oxygen atoms in total. The van der Waals surface area contributed by atoms with E-state index in [2.05, 4.69) is 10.7 Å². The fourth-order valence-electron chi connectivity index (χ4n) is 1.66. The van der Waals surface area contributed by atoms with Gasteiger partial charge in [0, 0.05) is 6.04 Å². The van der Waals surface area contributed by atoms with E-state index in [9.17, 15) is 9.59 Å². The third kappa shape index (κ3) is 2.42. The first-order chi connectivity index (χ1) is 7.66. The minimum absolute atomic E-state index is 0.134. The van der Waals surface area contributed by atoms with Gasteiger partial charge in [-0.3, -0.25) is 15.5 Å². The van der Waals surface area contributed by atoms with Crippen molar-refractivity contribution in [1.82, 2.24) is 15.8 Å². The molecule has 2 fully saturated rings. The highest BCUT2D eigenvalue weighted by Gasteiger charge is 2.29. The van der Waals surface area contributed by atoms with E-state index < -0.39 is 12.1 Å². The summed E-state index contributed by atoms with van der Waals surface area (Å²) in [6.07, 6.45) is -0.516. The van der Waals surface area contributed by atoms with Gasteiger partial charge in [-0.1, -0.05) is 0 Å². The summed E-state index contributed by atoms with van der Waals surface area (Å²) in [5, 5.41) is 4.26. The Morgan fingerprint density at radius 1 is 1.56 bits per heavy atom. The molecule has 0 aromatic rings. The molecule has 90 valence electrons. The van der Waals surface area contributed by atoms with Crippen LogP contribution < -0.4 is 10.7 Å². The second-order valence-corrected chi connectivity index (χ2v) is 3.90. The van der Waals surface area contributed by atoms with Gasteiger partial charge < -0.3 is 9.47 Å². The van der Waals surface area contributed by atoms with Crippen LogP contribution in [0.3, 0.4) is 0 Å². The summed E-state index contributed by atoms with van der Waals surface area (Å²) >= 11 is 0. The normalized spacial score (nSPS) is 30.1. The lowest BCUT2D eigenvalue weighted by Gasteiger charge is -2.29. The van der Waals surface area contributed by atoms with Crippen molar-refractivity contribution in [3.05, 3.63) is 0 Å². The van der Waals surface area contributed by atoms with Crippen LogP contribution in [-0.2, 0) is 14.3 Å². The highest BCUT2D eigenvalue weighted by molar-refractivity contribution is 5.84. The largest absolute Gasteiger partial charge is 0.446 e. The standard InChI is InChI=1S/C9H15N3O4/c1-6-4-15-5-7(10-6)8(13)11-12-2-3-16-9(12)14/h6-7,10H,2-5H2,1H3,(H,11,13). The van der Waals surface area contributed by atoms with Crippen LogP contribution in [0.25, 0.3) is 0 Å². The predicted octanol–water partition coefficient (Wildman–Crippen LogP) is -1.15. The van der Waals surface area contributed by atoms with Gasteiger partial charge in [-0.15, -0.1) is 0 Å². The molecule has 0 aliphatic carbocycles. The van der Waals surface area contributed by atoms with E-state index in [0.29, 0.717) is 26.4 Å². The molecular weight excluding hydrogens is 214 g/mol. The third-order valence-corrected chi connectivity index (χ3v) is 2.46. The fourth-order valence-corrected chi connectivity index (χ4v) is 1.66. The molecule has 2 amide bonds. The Labute approximate surface area is 93.0 Å². The Morgan fingerprint density at radius 2 is 2.38 bits per heavy atom. The van der Waals surface area contributed by atoms with Crippen LogP contribution >= 0.6 is 0 Å². The van der Waals surface area contributed by atoms with Crippen molar-refractivity contribution in [1.29, 1.82) is 0 Å². The first-order valence-electron chi connectivity index (χ1n) is 5.25. The molecule has 16 heavy (non-hydrogen) atoms. The minimum atomic E-state index is -0.516. The number of carbonyl (C=O) groups is 2. The smallest absolute Gasteiger partial charge is 0.428 e. The van der Waals surface area contributed by atoms with E-state index in [1.165, 1.54) is 5.01 Å². The van der Waals surface area contributed by atoms with E-state index in [0.717, 1.165) is 0 Å². The van der Waals surface area contributed by atoms with Gasteiger partial charge in [0.15, 0.2) is 0 Å². The summed E-state index contributed by atoms with van der Waals surface area (Å²) in [7, 11) is 0. The van der Waals surface area contributed by atoms with Gasteiger partial charge in [-0.2, -0.15) is 0 Å². The zero-order valence-electron chi connectivity index (χ0n) is 9.06. The Bertz CT molecular complexity index is 296. The lowest BCUT2D eigenvalue weighted by atomic mass is 10.2. The Hall–Kier alpha value is -1.34. The molecule has 7 heteroatoms. The molecule has 0 bridgehead atoms. The molecule has 0 aromatic carbocycles. The molecule has 0 radical (unpaired) electrons. The highest BCUT2D eigenvalue weighted by Crippen LogP contribution is 2.02. The average Bonchev–Trinajstić information content (AvgIpc) is 2.64. The number of hydrogen-bond acceptors (Lipinski definition) is 5. The number of hydrogen-bond donors (Lipinski definition) is 2. The van der Waals surface area contributed by atoms with Crippen molar-refractivity contribution >= 4 is 12.0 Å². The molecular formula is C9H15N3O4. The number of morpholine rings is 1. The zero-order valence-corrected chi connectivity index (χ0v) is 9.06. The van der Waals surface area contributed by atoms with Crippen molar-refractivity contribution in [3.63, 3.8) is 0 Å². The highest BCUT2D eigenvalue weighted by atomic mass is 16.6. The molecule has 0 spiro atoms. The predicted molar refractivity (Wildman–Crippen MR) is 53.4 cm³/mol. The van der Waals surface area contributed by atoms with E-state index in [1.54, 1.807) is 0 Å². The van der Waals surface area contributed by atoms with Crippen molar-refractivity contribution in [2.45, 2.75) is 19.0 Å². The van der Waals surface area contributed by atoms with E-state index in [4.69, 9.17) is 9.47 Å².